The predicted molar refractivity (Wildman–Crippen MR) is 73.7 cm³/mol. The summed E-state index contributed by atoms with van der Waals surface area (Å²) in [6.45, 7) is 0.802. The number of nitro groups is 1. The molecule has 2 rings (SSSR count). The molecular weight excluding hydrogens is 276 g/mol. The molecule has 0 spiro atoms. The number of carboxylic acids is 1. The van der Waals surface area contributed by atoms with Crippen LogP contribution in [0.15, 0.2) is 24.3 Å². The van der Waals surface area contributed by atoms with Crippen LogP contribution in [0, 0.1) is 16.0 Å². The normalized spacial score (nSPS) is 18.3. The molecule has 0 bridgehead atoms. The smallest absolute Gasteiger partial charge is 0.308 e. The van der Waals surface area contributed by atoms with Gasteiger partial charge in [0, 0.05) is 25.2 Å². The average Bonchev–Trinajstić information content (AvgIpc) is 2.48. The van der Waals surface area contributed by atoms with Gasteiger partial charge in [-0.2, -0.15) is 0 Å². The summed E-state index contributed by atoms with van der Waals surface area (Å²) in [6.07, 6.45) is 1.41. The van der Waals surface area contributed by atoms with Gasteiger partial charge in [0.15, 0.2) is 0 Å². The van der Waals surface area contributed by atoms with Gasteiger partial charge in [0.05, 0.1) is 17.3 Å². The Morgan fingerprint density at radius 3 is 2.57 bits per heavy atom. The summed E-state index contributed by atoms with van der Waals surface area (Å²) in [4.78, 5) is 34.8. The molecule has 1 atom stereocenters. The summed E-state index contributed by atoms with van der Waals surface area (Å²) >= 11 is 0. The van der Waals surface area contributed by atoms with Gasteiger partial charge in [-0.1, -0.05) is 12.1 Å². The highest BCUT2D eigenvalue weighted by atomic mass is 16.6. The summed E-state index contributed by atoms with van der Waals surface area (Å²) in [5.74, 6) is -1.52. The summed E-state index contributed by atoms with van der Waals surface area (Å²) in [5.41, 5.74) is 0.665. The number of aliphatic carboxylic acids is 1. The second-order valence-corrected chi connectivity index (χ2v) is 5.12. The van der Waals surface area contributed by atoms with Crippen LogP contribution in [0.2, 0.25) is 0 Å². The number of amides is 1. The molecule has 7 heteroatoms. The Balaban J connectivity index is 1.97. The maximum Gasteiger partial charge on any atom is 0.308 e. The van der Waals surface area contributed by atoms with Crippen LogP contribution in [0.3, 0.4) is 0 Å². The number of carbonyl (C=O) groups is 2. The maximum atomic E-state index is 12.2. The van der Waals surface area contributed by atoms with E-state index in [2.05, 4.69) is 0 Å². The van der Waals surface area contributed by atoms with E-state index in [1.54, 1.807) is 17.0 Å². The molecule has 0 aliphatic carbocycles. The van der Waals surface area contributed by atoms with Crippen molar-refractivity contribution in [3.63, 3.8) is 0 Å². The number of carboxylic acid groups (broad SMARTS) is 1. The van der Waals surface area contributed by atoms with Crippen molar-refractivity contribution >= 4 is 17.6 Å². The highest BCUT2D eigenvalue weighted by Crippen LogP contribution is 2.18. The number of rotatable bonds is 4. The van der Waals surface area contributed by atoms with Crippen molar-refractivity contribution in [2.45, 2.75) is 19.3 Å². The number of nitro benzene ring substituents is 1. The number of hydrogen-bond acceptors (Lipinski definition) is 4. The third kappa shape index (κ3) is 3.77. The molecule has 1 amide bonds. The topological polar surface area (TPSA) is 101 Å². The van der Waals surface area contributed by atoms with Crippen molar-refractivity contribution in [2.75, 3.05) is 13.1 Å². The Bertz CT molecular complexity index is 555. The van der Waals surface area contributed by atoms with Crippen LogP contribution < -0.4 is 0 Å². The lowest BCUT2D eigenvalue weighted by atomic mass is 9.97. The minimum Gasteiger partial charge on any atom is -0.481 e. The van der Waals surface area contributed by atoms with Crippen molar-refractivity contribution in [2.24, 2.45) is 5.92 Å². The molecule has 1 unspecified atom stereocenters. The van der Waals surface area contributed by atoms with Crippen molar-refractivity contribution in [1.82, 2.24) is 4.90 Å². The van der Waals surface area contributed by atoms with Gasteiger partial charge in [-0.25, -0.2) is 0 Å². The molecular formula is C14H16N2O5. The number of piperidine rings is 1. The quantitative estimate of drug-likeness (QED) is 0.668. The number of hydrogen-bond donors (Lipinski definition) is 1. The molecule has 21 heavy (non-hydrogen) atoms. The standard InChI is InChI=1S/C14H16N2O5/c17-13(15-7-1-2-11(9-15)14(18)19)8-10-3-5-12(6-4-10)16(20)21/h3-6,11H,1-2,7-9H2,(H,18,19). The zero-order valence-corrected chi connectivity index (χ0v) is 11.4. The minimum atomic E-state index is -0.872. The molecule has 1 N–H and O–H groups in total. The van der Waals surface area contributed by atoms with Crippen LogP contribution in [-0.4, -0.2) is 39.9 Å². The van der Waals surface area contributed by atoms with Crippen LogP contribution in [0.25, 0.3) is 0 Å². The Kier molecular flexibility index (Phi) is 4.52. The Labute approximate surface area is 121 Å². The van der Waals surface area contributed by atoms with Gasteiger partial charge >= 0.3 is 5.97 Å². The molecule has 1 aliphatic rings. The second-order valence-electron chi connectivity index (χ2n) is 5.12. The average molecular weight is 292 g/mol. The maximum absolute atomic E-state index is 12.2. The van der Waals surface area contributed by atoms with Gasteiger partial charge in [-0.05, 0) is 18.4 Å². The van der Waals surface area contributed by atoms with Crippen molar-refractivity contribution in [1.29, 1.82) is 0 Å². The first-order valence-electron chi connectivity index (χ1n) is 6.71. The molecule has 0 radical (unpaired) electrons. The number of nitrogens with zero attached hydrogens (tertiary/aromatic N) is 2. The molecule has 0 aromatic heterocycles. The molecule has 1 aromatic rings. The first kappa shape index (κ1) is 15.0. The third-order valence-corrected chi connectivity index (χ3v) is 3.63. The number of likely N-dealkylation sites (tertiary alicyclic amines) is 1. The Morgan fingerprint density at radius 1 is 1.33 bits per heavy atom. The van der Waals surface area contributed by atoms with Crippen molar-refractivity contribution in [3.05, 3.63) is 39.9 Å². The van der Waals surface area contributed by atoms with E-state index in [-0.39, 0.29) is 24.6 Å². The van der Waals surface area contributed by atoms with E-state index < -0.39 is 16.8 Å². The van der Waals surface area contributed by atoms with E-state index in [9.17, 15) is 19.7 Å². The van der Waals surface area contributed by atoms with Crippen molar-refractivity contribution in [3.8, 4) is 0 Å². The zero-order chi connectivity index (χ0) is 15.4. The summed E-state index contributed by atoms with van der Waals surface area (Å²) < 4.78 is 0. The number of non-ortho nitro benzene ring substituents is 1. The van der Waals surface area contributed by atoms with E-state index in [0.717, 1.165) is 0 Å². The van der Waals surface area contributed by atoms with Crippen LogP contribution in [0.5, 0.6) is 0 Å². The van der Waals surface area contributed by atoms with E-state index in [1.807, 2.05) is 0 Å². The third-order valence-electron chi connectivity index (χ3n) is 3.63. The molecule has 1 saturated heterocycles. The lowest BCUT2D eigenvalue weighted by molar-refractivity contribution is -0.384. The number of benzene rings is 1. The minimum absolute atomic E-state index is 0.0184. The van der Waals surface area contributed by atoms with Crippen molar-refractivity contribution < 1.29 is 19.6 Å². The van der Waals surface area contributed by atoms with E-state index in [0.29, 0.717) is 24.9 Å². The monoisotopic (exact) mass is 292 g/mol. The fraction of sp³-hybridized carbons (Fsp3) is 0.429. The van der Waals surface area contributed by atoms with Crippen LogP contribution in [0.4, 0.5) is 5.69 Å². The zero-order valence-electron chi connectivity index (χ0n) is 11.4. The first-order valence-corrected chi connectivity index (χ1v) is 6.71. The van der Waals surface area contributed by atoms with Gasteiger partial charge in [-0.15, -0.1) is 0 Å². The van der Waals surface area contributed by atoms with Crippen LogP contribution in [-0.2, 0) is 16.0 Å². The molecule has 1 heterocycles. The van der Waals surface area contributed by atoms with Gasteiger partial charge < -0.3 is 10.0 Å². The molecule has 0 saturated carbocycles. The van der Waals surface area contributed by atoms with Gasteiger partial charge in [0.2, 0.25) is 5.91 Å². The Hall–Kier alpha value is -2.44. The van der Waals surface area contributed by atoms with E-state index in [1.165, 1.54) is 12.1 Å². The summed E-state index contributed by atoms with van der Waals surface area (Å²) in [7, 11) is 0. The molecule has 1 aliphatic heterocycles. The van der Waals surface area contributed by atoms with Crippen LogP contribution in [0.1, 0.15) is 18.4 Å². The van der Waals surface area contributed by atoms with Crippen LogP contribution >= 0.6 is 0 Å². The van der Waals surface area contributed by atoms with E-state index >= 15 is 0 Å². The fourth-order valence-electron chi connectivity index (χ4n) is 2.43. The van der Waals surface area contributed by atoms with Gasteiger partial charge in [0.1, 0.15) is 0 Å². The summed E-state index contributed by atoms with van der Waals surface area (Å²) in [6, 6.07) is 5.82. The predicted octanol–water partition coefficient (Wildman–Crippen LogP) is 1.46. The summed E-state index contributed by atoms with van der Waals surface area (Å²) in [5, 5.41) is 19.6. The lowest BCUT2D eigenvalue weighted by Crippen LogP contribution is -2.42. The molecule has 1 aromatic carbocycles. The van der Waals surface area contributed by atoms with Gasteiger partial charge in [0.25, 0.3) is 5.69 Å². The highest BCUT2D eigenvalue weighted by molar-refractivity contribution is 5.80. The molecule has 1 fully saturated rings. The Morgan fingerprint density at radius 2 is 2.00 bits per heavy atom. The largest absolute Gasteiger partial charge is 0.481 e. The second kappa shape index (κ2) is 6.34. The highest BCUT2D eigenvalue weighted by Gasteiger charge is 2.27. The van der Waals surface area contributed by atoms with Gasteiger partial charge in [-0.3, -0.25) is 19.7 Å². The SMILES string of the molecule is O=C(O)C1CCCN(C(=O)Cc2ccc([N+](=O)[O-])cc2)C1. The van der Waals surface area contributed by atoms with E-state index in [4.69, 9.17) is 5.11 Å². The molecule has 7 nitrogen and oxygen atoms in total. The molecule has 112 valence electrons. The number of carbonyl (C=O) groups excluding carboxylic acids is 1. The fourth-order valence-corrected chi connectivity index (χ4v) is 2.43. The first-order chi connectivity index (χ1) is 9.97. The lowest BCUT2D eigenvalue weighted by Gasteiger charge is -2.30.